The minimum absolute atomic E-state index is 0.0563. The maximum Gasteiger partial charge on any atom is 0.326 e. The van der Waals surface area contributed by atoms with Crippen molar-refractivity contribution in [2.24, 2.45) is 0 Å². The molecule has 0 spiro atoms. The second kappa shape index (κ2) is 9.97. The van der Waals surface area contributed by atoms with E-state index in [-0.39, 0.29) is 35.0 Å². The minimum atomic E-state index is -0.539. The Morgan fingerprint density at radius 2 is 1.76 bits per heavy atom. The lowest BCUT2D eigenvalue weighted by Crippen LogP contribution is -2.40. The molecule has 1 N–H and O–H groups in total. The maximum absolute atomic E-state index is 13.7. The van der Waals surface area contributed by atoms with Crippen LogP contribution < -0.4 is 10.1 Å². The van der Waals surface area contributed by atoms with Crippen LogP contribution in [0, 0.1) is 0 Å². The number of halogens is 2. The van der Waals surface area contributed by atoms with Crippen molar-refractivity contribution in [2.75, 3.05) is 20.3 Å². The van der Waals surface area contributed by atoms with Gasteiger partial charge in [-0.2, -0.15) is 4.57 Å². The van der Waals surface area contributed by atoms with Crippen molar-refractivity contribution in [2.45, 2.75) is 19.8 Å². The van der Waals surface area contributed by atoms with E-state index < -0.39 is 17.4 Å². The molecule has 3 heterocycles. The smallest absolute Gasteiger partial charge is 0.326 e. The number of pyridine rings is 1. The van der Waals surface area contributed by atoms with Gasteiger partial charge in [0.1, 0.15) is 5.57 Å². The van der Waals surface area contributed by atoms with Crippen LogP contribution >= 0.6 is 23.2 Å². The third kappa shape index (κ3) is 4.20. The van der Waals surface area contributed by atoms with Gasteiger partial charge in [-0.1, -0.05) is 42.6 Å². The van der Waals surface area contributed by atoms with E-state index in [0.717, 1.165) is 4.90 Å². The van der Waals surface area contributed by atoms with Gasteiger partial charge < -0.3 is 4.74 Å². The van der Waals surface area contributed by atoms with Crippen LogP contribution in [0.2, 0.25) is 10.0 Å². The van der Waals surface area contributed by atoms with Gasteiger partial charge in [-0.15, -0.1) is 0 Å². The molecule has 34 heavy (non-hydrogen) atoms. The highest BCUT2D eigenvalue weighted by Gasteiger charge is 2.47. The molecule has 1 aliphatic heterocycles. The van der Waals surface area contributed by atoms with Gasteiger partial charge in [0.25, 0.3) is 17.2 Å². The molecular formula is C24H23Cl2N4O4+. The third-order valence-electron chi connectivity index (χ3n) is 5.51. The highest BCUT2D eigenvalue weighted by Crippen LogP contribution is 2.31. The number of aromatic amines is 1. The van der Waals surface area contributed by atoms with Gasteiger partial charge in [0, 0.05) is 24.9 Å². The Kier molecular flexibility index (Phi) is 7.02. The van der Waals surface area contributed by atoms with Crippen molar-refractivity contribution in [3.8, 4) is 5.69 Å². The molecule has 4 rings (SSSR count). The van der Waals surface area contributed by atoms with E-state index in [1.54, 1.807) is 53.4 Å². The van der Waals surface area contributed by atoms with E-state index in [1.165, 1.54) is 11.8 Å². The molecule has 2 amide bonds. The highest BCUT2D eigenvalue weighted by atomic mass is 35.5. The summed E-state index contributed by atoms with van der Waals surface area (Å²) in [6, 6.07) is 10.1. The number of nitrogens with zero attached hydrogens (tertiary/aromatic N) is 3. The first kappa shape index (κ1) is 23.9. The number of rotatable bonds is 8. The number of H-pyrrole nitrogens is 1. The summed E-state index contributed by atoms with van der Waals surface area (Å²) in [5.41, 5.74) is 0.901. The van der Waals surface area contributed by atoms with E-state index in [1.807, 2.05) is 6.92 Å². The molecule has 0 aliphatic carbocycles. The number of hydrogen-bond donors (Lipinski definition) is 1. The first-order valence-electron chi connectivity index (χ1n) is 10.7. The molecule has 1 aromatic carbocycles. The summed E-state index contributed by atoms with van der Waals surface area (Å²) in [5.74, 6) is -1.03. The lowest BCUT2D eigenvalue weighted by molar-refractivity contribution is -0.576. The molecule has 0 atom stereocenters. The summed E-state index contributed by atoms with van der Waals surface area (Å²) < 4.78 is 7.97. The molecule has 0 bridgehead atoms. The zero-order chi connectivity index (χ0) is 24.4. The van der Waals surface area contributed by atoms with Crippen LogP contribution in [0.15, 0.2) is 53.6 Å². The van der Waals surface area contributed by atoms with Gasteiger partial charge in [-0.25, -0.2) is 4.68 Å². The fourth-order valence-electron chi connectivity index (χ4n) is 3.94. The summed E-state index contributed by atoms with van der Waals surface area (Å²) in [6.45, 7) is 2.22. The molecule has 1 aliphatic rings. The van der Waals surface area contributed by atoms with Crippen molar-refractivity contribution >= 4 is 46.3 Å². The second-order valence-electron chi connectivity index (χ2n) is 7.72. The number of nitrogens with one attached hydrogen (secondary N) is 1. The van der Waals surface area contributed by atoms with E-state index in [0.29, 0.717) is 29.2 Å². The molecule has 0 saturated heterocycles. The molecule has 2 aromatic heterocycles. The van der Waals surface area contributed by atoms with Crippen molar-refractivity contribution in [3.63, 3.8) is 0 Å². The van der Waals surface area contributed by atoms with Crippen molar-refractivity contribution in [3.05, 3.63) is 80.4 Å². The first-order chi connectivity index (χ1) is 16.4. The molecule has 0 fully saturated rings. The summed E-state index contributed by atoms with van der Waals surface area (Å²) >= 11 is 12.2. The van der Waals surface area contributed by atoms with E-state index in [4.69, 9.17) is 27.9 Å². The zero-order valence-corrected chi connectivity index (χ0v) is 20.2. The predicted octanol–water partition coefficient (Wildman–Crippen LogP) is 3.10. The first-order valence-corrected chi connectivity index (χ1v) is 11.5. The Hall–Kier alpha value is -3.20. The van der Waals surface area contributed by atoms with Crippen molar-refractivity contribution in [1.82, 2.24) is 14.7 Å². The fraction of sp³-hybridized carbons (Fsp3) is 0.250. The number of imide groups is 1. The average Bonchev–Trinajstić information content (AvgIpc) is 3.27. The van der Waals surface area contributed by atoms with Crippen LogP contribution in [0.1, 0.15) is 24.6 Å². The number of carbonyl (C=O) groups excluding carboxylic acids is 2. The molecule has 0 radical (unpaired) electrons. The quantitative estimate of drug-likeness (QED) is 0.379. The number of aryl methyl sites for hydroxylation is 1. The second-order valence-corrected chi connectivity index (χ2v) is 8.53. The number of aromatic nitrogens is 3. The highest BCUT2D eigenvalue weighted by molar-refractivity contribution is 6.44. The Balaban J connectivity index is 1.97. The van der Waals surface area contributed by atoms with Crippen LogP contribution in [0.25, 0.3) is 17.0 Å². The average molecular weight is 502 g/mol. The van der Waals surface area contributed by atoms with Crippen molar-refractivity contribution < 1.29 is 18.9 Å². The third-order valence-corrected chi connectivity index (χ3v) is 6.25. The number of methoxy groups -OCH3 is 1. The molecule has 0 saturated carbocycles. The molecular weight excluding hydrogens is 479 g/mol. The molecule has 10 heteroatoms. The van der Waals surface area contributed by atoms with Crippen LogP contribution in [0.3, 0.4) is 0 Å². The summed E-state index contributed by atoms with van der Waals surface area (Å²) in [6.07, 6.45) is 4.55. The van der Waals surface area contributed by atoms with Crippen molar-refractivity contribution in [1.29, 1.82) is 0 Å². The normalized spacial score (nSPS) is 13.9. The molecule has 176 valence electrons. The number of benzene rings is 1. The van der Waals surface area contributed by atoms with E-state index in [9.17, 15) is 14.4 Å². The van der Waals surface area contributed by atoms with Crippen LogP contribution in [0.5, 0.6) is 0 Å². The predicted molar refractivity (Wildman–Crippen MR) is 129 cm³/mol. The number of hydrogen-bond acceptors (Lipinski definition) is 4. The number of amides is 2. The summed E-state index contributed by atoms with van der Waals surface area (Å²) in [4.78, 5) is 41.7. The lowest BCUT2D eigenvalue weighted by atomic mass is 10.0. The number of ether oxygens (including phenoxy) is 1. The topological polar surface area (TPSA) is 88.3 Å². The van der Waals surface area contributed by atoms with Gasteiger partial charge in [-0.05, 0) is 24.6 Å². The van der Waals surface area contributed by atoms with Crippen LogP contribution in [-0.2, 0) is 20.7 Å². The summed E-state index contributed by atoms with van der Waals surface area (Å²) in [5, 5.41) is 3.75. The Morgan fingerprint density at radius 1 is 1.03 bits per heavy atom. The summed E-state index contributed by atoms with van der Waals surface area (Å²) in [7, 11) is 1.49. The van der Waals surface area contributed by atoms with E-state index >= 15 is 0 Å². The van der Waals surface area contributed by atoms with Gasteiger partial charge in [0.05, 0.1) is 34.4 Å². The minimum Gasteiger partial charge on any atom is -0.383 e. The SMILES string of the molecule is CCCc1[nH]n(-c2ccc(Cl)c(Cl)c2)c(=O)c1C1=C([n+]2ccccc2)C(=O)N(CCOC)C1=O. The van der Waals surface area contributed by atoms with Gasteiger partial charge in [0.15, 0.2) is 12.4 Å². The van der Waals surface area contributed by atoms with Gasteiger partial charge in [0.2, 0.25) is 0 Å². The molecule has 0 unspecified atom stereocenters. The van der Waals surface area contributed by atoms with Crippen LogP contribution in [0.4, 0.5) is 0 Å². The number of carbonyl (C=O) groups is 2. The molecule has 8 nitrogen and oxygen atoms in total. The van der Waals surface area contributed by atoms with E-state index in [2.05, 4.69) is 5.10 Å². The fourth-order valence-corrected chi connectivity index (χ4v) is 4.23. The Labute approximate surface area is 206 Å². The Morgan fingerprint density at radius 3 is 2.41 bits per heavy atom. The zero-order valence-electron chi connectivity index (χ0n) is 18.7. The lowest BCUT2D eigenvalue weighted by Gasteiger charge is -2.12. The van der Waals surface area contributed by atoms with Crippen LogP contribution in [-0.4, -0.2) is 46.8 Å². The standard InChI is InChI=1S/C24H22Cl2N4O4/c1-3-7-18-19(23(32)30(27-18)15-8-9-16(25)17(26)14-15)20-21(28-10-5-4-6-11-28)24(33)29(22(20)31)12-13-34-2/h4-6,8-11,14H,3,7,12-13H2,1-2H3/p+1. The van der Waals surface area contributed by atoms with Gasteiger partial charge in [-0.3, -0.25) is 24.4 Å². The monoisotopic (exact) mass is 501 g/mol. The Bertz CT molecular complexity index is 1340. The largest absolute Gasteiger partial charge is 0.383 e. The molecule has 3 aromatic rings. The van der Waals surface area contributed by atoms with Gasteiger partial charge >= 0.3 is 5.91 Å². The maximum atomic E-state index is 13.7.